The number of ether oxygens (including phenoxy) is 1. The molecule has 2 aliphatic carbocycles. The number of carbonyl (C=O) groups is 2. The Morgan fingerprint density at radius 3 is 2.94 bits per heavy atom. The summed E-state index contributed by atoms with van der Waals surface area (Å²) < 4.78 is 6.13. The fourth-order valence-electron chi connectivity index (χ4n) is 5.01. The molecule has 8 heteroatoms. The maximum absolute atomic E-state index is 12.6. The van der Waals surface area contributed by atoms with E-state index in [4.69, 9.17) is 11.2 Å². The number of amides is 3. The van der Waals surface area contributed by atoms with E-state index in [9.17, 15) is 14.7 Å². The number of nitrogens with zero attached hydrogens (tertiary/aromatic N) is 1. The minimum Gasteiger partial charge on any atom is -0.508 e. The molecule has 0 saturated heterocycles. The summed E-state index contributed by atoms with van der Waals surface area (Å²) in [6, 6.07) is 13.7. The molecule has 0 bridgehead atoms. The first-order valence-electron chi connectivity index (χ1n) is 11.4. The number of urea groups is 1. The van der Waals surface area contributed by atoms with Crippen molar-refractivity contribution in [2.24, 2.45) is 5.92 Å². The van der Waals surface area contributed by atoms with Gasteiger partial charge in [0.15, 0.2) is 0 Å². The summed E-state index contributed by atoms with van der Waals surface area (Å²) in [4.78, 5) is 28.5. The number of benzene rings is 2. The van der Waals surface area contributed by atoms with Crippen LogP contribution in [0.5, 0.6) is 17.2 Å². The highest BCUT2D eigenvalue weighted by atomic mass is 16.5. The zero-order chi connectivity index (χ0) is 24.2. The Kier molecular flexibility index (Phi) is 4.68. The number of phenols is 1. The predicted molar refractivity (Wildman–Crippen MR) is 129 cm³/mol. The molecule has 3 atom stereocenters. The molecule has 3 aliphatic rings. The molecule has 1 aromatic heterocycles. The van der Waals surface area contributed by atoms with E-state index in [0.717, 1.165) is 17.5 Å². The minimum absolute atomic E-state index is 0.0134. The molecule has 0 radical (unpaired) electrons. The summed E-state index contributed by atoms with van der Waals surface area (Å²) in [6.07, 6.45) is 8.81. The van der Waals surface area contributed by atoms with Crippen LogP contribution < -0.4 is 20.7 Å². The third-order valence-corrected chi connectivity index (χ3v) is 6.98. The van der Waals surface area contributed by atoms with Gasteiger partial charge < -0.3 is 25.8 Å². The maximum atomic E-state index is 12.6. The van der Waals surface area contributed by atoms with Crippen molar-refractivity contribution >= 4 is 23.4 Å². The Bertz CT molecular complexity index is 1430. The SMILES string of the molecule is C#Cc1cccc(NC(=O)N[C@@]23C[C@H]2[C@H]3c2cc(Oc3ccnc4c3CCC(=O)N4)ccc2O)c1. The normalized spacial score (nSPS) is 23.1. The number of terminal acetylenes is 1. The van der Waals surface area contributed by atoms with Gasteiger partial charge in [-0.05, 0) is 61.2 Å². The van der Waals surface area contributed by atoms with Crippen LogP contribution >= 0.6 is 0 Å². The lowest BCUT2D eigenvalue weighted by Gasteiger charge is -2.20. The second-order valence-corrected chi connectivity index (χ2v) is 9.14. The number of nitrogens with one attached hydrogen (secondary N) is 3. The van der Waals surface area contributed by atoms with Crippen molar-refractivity contribution in [1.29, 1.82) is 0 Å². The van der Waals surface area contributed by atoms with E-state index in [-0.39, 0.29) is 35.1 Å². The molecule has 2 fully saturated rings. The summed E-state index contributed by atoms with van der Waals surface area (Å²) in [6.45, 7) is 0. The largest absolute Gasteiger partial charge is 0.508 e. The van der Waals surface area contributed by atoms with Crippen molar-refractivity contribution < 1.29 is 19.4 Å². The molecule has 6 rings (SSSR count). The van der Waals surface area contributed by atoms with Crippen molar-refractivity contribution in [2.45, 2.75) is 30.7 Å². The summed E-state index contributed by atoms with van der Waals surface area (Å²) in [5.41, 5.74) is 2.54. The number of aromatic hydroxyl groups is 1. The van der Waals surface area contributed by atoms with Gasteiger partial charge in [0.25, 0.3) is 0 Å². The first-order valence-corrected chi connectivity index (χ1v) is 11.4. The van der Waals surface area contributed by atoms with E-state index in [1.54, 1.807) is 48.7 Å². The zero-order valence-corrected chi connectivity index (χ0v) is 18.7. The van der Waals surface area contributed by atoms with E-state index in [2.05, 4.69) is 26.9 Å². The van der Waals surface area contributed by atoms with Crippen molar-refractivity contribution in [3.63, 3.8) is 0 Å². The number of carbonyl (C=O) groups excluding carboxylic acids is 2. The lowest BCUT2D eigenvalue weighted by atomic mass is 9.99. The number of fused-ring (bicyclic) bond motifs is 2. The van der Waals surface area contributed by atoms with E-state index >= 15 is 0 Å². The summed E-state index contributed by atoms with van der Waals surface area (Å²) in [7, 11) is 0. The number of hydrogen-bond acceptors (Lipinski definition) is 5. The van der Waals surface area contributed by atoms with Gasteiger partial charge in [-0.15, -0.1) is 6.42 Å². The highest BCUT2D eigenvalue weighted by molar-refractivity contribution is 5.93. The van der Waals surface area contributed by atoms with Crippen LogP contribution in [0.2, 0.25) is 0 Å². The van der Waals surface area contributed by atoms with Gasteiger partial charge >= 0.3 is 6.03 Å². The van der Waals surface area contributed by atoms with E-state index in [1.807, 2.05) is 6.07 Å². The Morgan fingerprint density at radius 2 is 2.11 bits per heavy atom. The first kappa shape index (κ1) is 21.1. The monoisotopic (exact) mass is 466 g/mol. The van der Waals surface area contributed by atoms with Gasteiger partial charge in [0.2, 0.25) is 5.91 Å². The van der Waals surface area contributed by atoms with Crippen LogP contribution in [0, 0.1) is 18.3 Å². The van der Waals surface area contributed by atoms with E-state index in [0.29, 0.717) is 41.4 Å². The number of aromatic nitrogens is 1. The Hall–Kier alpha value is -4.51. The Morgan fingerprint density at radius 1 is 1.23 bits per heavy atom. The average Bonchev–Trinajstić information content (AvgIpc) is 3.71. The average molecular weight is 466 g/mol. The molecule has 0 unspecified atom stereocenters. The number of pyridine rings is 1. The molecular formula is C27H22N4O4. The van der Waals surface area contributed by atoms with Gasteiger partial charge in [0, 0.05) is 40.9 Å². The Labute approximate surface area is 201 Å². The second-order valence-electron chi connectivity index (χ2n) is 9.14. The van der Waals surface area contributed by atoms with Crippen LogP contribution in [0.25, 0.3) is 0 Å². The Balaban J connectivity index is 1.17. The molecule has 35 heavy (non-hydrogen) atoms. The van der Waals surface area contributed by atoms with Gasteiger partial charge in [-0.1, -0.05) is 12.0 Å². The molecule has 2 heterocycles. The number of rotatable bonds is 5. The minimum atomic E-state index is -0.357. The summed E-state index contributed by atoms with van der Waals surface area (Å²) in [5, 5.41) is 19.2. The van der Waals surface area contributed by atoms with Gasteiger partial charge in [-0.2, -0.15) is 0 Å². The molecule has 1 aliphatic heterocycles. The van der Waals surface area contributed by atoms with Crippen LogP contribution in [0.1, 0.15) is 35.4 Å². The van der Waals surface area contributed by atoms with Crippen LogP contribution in [-0.4, -0.2) is 27.6 Å². The van der Waals surface area contributed by atoms with Gasteiger partial charge in [-0.3, -0.25) is 4.79 Å². The molecule has 4 N–H and O–H groups in total. The fourth-order valence-corrected chi connectivity index (χ4v) is 5.01. The molecule has 3 amide bonds. The van der Waals surface area contributed by atoms with Crippen molar-refractivity contribution in [2.75, 3.05) is 10.6 Å². The van der Waals surface area contributed by atoms with Crippen molar-refractivity contribution in [1.82, 2.24) is 10.3 Å². The lowest BCUT2D eigenvalue weighted by molar-refractivity contribution is -0.116. The highest BCUT2D eigenvalue weighted by Gasteiger charge is 2.80. The summed E-state index contributed by atoms with van der Waals surface area (Å²) >= 11 is 0. The van der Waals surface area contributed by atoms with Crippen LogP contribution in [0.4, 0.5) is 16.3 Å². The third-order valence-electron chi connectivity index (χ3n) is 6.98. The topological polar surface area (TPSA) is 113 Å². The third kappa shape index (κ3) is 3.71. The van der Waals surface area contributed by atoms with Crippen molar-refractivity contribution in [3.8, 4) is 29.6 Å². The first-order chi connectivity index (χ1) is 17.0. The van der Waals surface area contributed by atoms with Gasteiger partial charge in [0.05, 0.1) is 5.54 Å². The lowest BCUT2D eigenvalue weighted by Crippen LogP contribution is -2.36. The van der Waals surface area contributed by atoms with E-state index < -0.39 is 0 Å². The van der Waals surface area contributed by atoms with Crippen LogP contribution in [0.3, 0.4) is 0 Å². The van der Waals surface area contributed by atoms with Gasteiger partial charge in [-0.25, -0.2) is 9.78 Å². The standard InChI is InChI=1S/C27H22N4O4/c1-2-15-4-3-5-16(12-15)29-26(34)31-27-14-20(27)24(27)19-13-17(6-8-21(19)32)35-22-10-11-28-25-18(22)7-9-23(33)30-25/h1,3-6,8,10-13,20,24,32H,7,9,14H2,(H,28,30,33)(H2,29,31,34)/t20-,24+,27-/m0/s1. The second kappa shape index (κ2) is 7.77. The number of anilines is 2. The number of hydrogen-bond donors (Lipinski definition) is 4. The van der Waals surface area contributed by atoms with E-state index in [1.165, 1.54) is 0 Å². The summed E-state index contributed by atoms with van der Waals surface area (Å²) in [5.74, 6) is 4.65. The van der Waals surface area contributed by atoms with Crippen LogP contribution in [0.15, 0.2) is 54.7 Å². The molecule has 0 spiro atoms. The molecule has 8 nitrogen and oxygen atoms in total. The molecule has 2 aromatic carbocycles. The fraction of sp³-hybridized carbons (Fsp3) is 0.222. The quantitative estimate of drug-likeness (QED) is 0.423. The van der Waals surface area contributed by atoms with Crippen molar-refractivity contribution in [3.05, 3.63) is 71.4 Å². The molecule has 174 valence electrons. The zero-order valence-electron chi connectivity index (χ0n) is 18.7. The molecule has 3 aromatic rings. The molecule has 2 saturated carbocycles. The number of phenolic OH excluding ortho intramolecular Hbond substituents is 1. The maximum Gasteiger partial charge on any atom is 0.319 e. The smallest absolute Gasteiger partial charge is 0.319 e. The van der Waals surface area contributed by atoms with Gasteiger partial charge in [0.1, 0.15) is 23.1 Å². The van der Waals surface area contributed by atoms with Crippen LogP contribution in [-0.2, 0) is 11.2 Å². The predicted octanol–water partition coefficient (Wildman–Crippen LogP) is 4.12. The molecular weight excluding hydrogens is 444 g/mol. The highest BCUT2D eigenvalue weighted by Crippen LogP contribution is 2.77.